The standard InChI is InChI=1S/C31H49FO2/c1-7-22(20(2)3)9-8-21(4)24-10-11-25-28-26(12-13-30(24,25)6)29(5)14-15-31(33-16-17-34-31)19-23(29)18-27(28)32/h8-9,18,20-22,24-28H,7,10-17,19H2,1-6H3/b9-8+/t21-,22-,24-,25+,26+,27-,28+,29+,30-/m1/s1. The van der Waals surface area contributed by atoms with Crippen molar-refractivity contribution in [2.24, 2.45) is 52.3 Å². The molecule has 0 aromatic carbocycles. The van der Waals surface area contributed by atoms with Crippen LogP contribution in [0, 0.1) is 52.3 Å². The maximum Gasteiger partial charge on any atom is 0.172 e. The SMILES string of the molecule is CC[C@H](/C=C/[C@@H](C)[C@H]1CC[C@H]2[C@@H]3[C@H](F)C=C4CC5(CC[C@]4(C)[C@H]3CC[C@]12C)OCCO5)C(C)C. The molecule has 0 bridgehead atoms. The summed E-state index contributed by atoms with van der Waals surface area (Å²) in [6.45, 7) is 15.7. The topological polar surface area (TPSA) is 18.5 Å². The van der Waals surface area contributed by atoms with Gasteiger partial charge in [-0.1, -0.05) is 65.3 Å². The van der Waals surface area contributed by atoms with Crippen molar-refractivity contribution in [2.45, 2.75) is 105 Å². The minimum absolute atomic E-state index is 0.115. The van der Waals surface area contributed by atoms with Crippen LogP contribution in [-0.4, -0.2) is 25.2 Å². The summed E-state index contributed by atoms with van der Waals surface area (Å²) < 4.78 is 28.2. The first-order valence-corrected chi connectivity index (χ1v) is 14.4. The molecule has 0 amide bonds. The number of hydrogen-bond acceptors (Lipinski definition) is 2. The van der Waals surface area contributed by atoms with Crippen molar-refractivity contribution in [3.63, 3.8) is 0 Å². The Morgan fingerprint density at radius 1 is 1.00 bits per heavy atom. The number of ether oxygens (including phenoxy) is 2. The molecule has 3 heteroatoms. The Balaban J connectivity index is 1.37. The molecule has 1 aliphatic heterocycles. The van der Waals surface area contributed by atoms with Crippen molar-refractivity contribution in [3.8, 4) is 0 Å². The molecule has 5 rings (SSSR count). The highest BCUT2D eigenvalue weighted by Crippen LogP contribution is 2.68. The van der Waals surface area contributed by atoms with Crippen LogP contribution in [0.25, 0.3) is 0 Å². The van der Waals surface area contributed by atoms with Gasteiger partial charge in [0.05, 0.1) is 13.2 Å². The predicted octanol–water partition coefficient (Wildman–Crippen LogP) is 8.13. The third-order valence-corrected chi connectivity index (χ3v) is 11.6. The van der Waals surface area contributed by atoms with Crippen LogP contribution in [0.3, 0.4) is 0 Å². The van der Waals surface area contributed by atoms with E-state index in [-0.39, 0.29) is 16.7 Å². The average molecular weight is 473 g/mol. The Labute approximate surface area is 208 Å². The molecular formula is C31H49FO2. The second-order valence-electron chi connectivity index (χ2n) is 13.4. The Morgan fingerprint density at radius 2 is 1.74 bits per heavy atom. The number of alkyl halides is 1. The van der Waals surface area contributed by atoms with Gasteiger partial charge in [0.1, 0.15) is 6.17 Å². The molecule has 0 aromatic rings. The number of rotatable bonds is 5. The monoisotopic (exact) mass is 472 g/mol. The Kier molecular flexibility index (Phi) is 6.63. The quantitative estimate of drug-likeness (QED) is 0.376. The van der Waals surface area contributed by atoms with Crippen molar-refractivity contribution in [3.05, 3.63) is 23.8 Å². The largest absolute Gasteiger partial charge is 0.347 e. The van der Waals surface area contributed by atoms with Gasteiger partial charge in [0, 0.05) is 18.8 Å². The van der Waals surface area contributed by atoms with Gasteiger partial charge in [-0.25, -0.2) is 4.39 Å². The molecule has 1 heterocycles. The van der Waals surface area contributed by atoms with E-state index in [2.05, 4.69) is 53.7 Å². The maximum atomic E-state index is 16.1. The van der Waals surface area contributed by atoms with E-state index in [4.69, 9.17) is 9.47 Å². The normalized spacial score (nSPS) is 45.2. The third-order valence-electron chi connectivity index (χ3n) is 11.6. The Bertz CT molecular complexity index is 810. The van der Waals surface area contributed by atoms with Crippen LogP contribution in [0.4, 0.5) is 4.39 Å². The first-order valence-electron chi connectivity index (χ1n) is 14.4. The smallest absolute Gasteiger partial charge is 0.172 e. The minimum Gasteiger partial charge on any atom is -0.347 e. The number of hydrogen-bond donors (Lipinski definition) is 0. The van der Waals surface area contributed by atoms with Gasteiger partial charge in [0.2, 0.25) is 0 Å². The summed E-state index contributed by atoms with van der Waals surface area (Å²) in [5.41, 5.74) is 1.68. The fraction of sp³-hybridized carbons (Fsp3) is 0.871. The van der Waals surface area contributed by atoms with Crippen LogP contribution < -0.4 is 0 Å². The maximum absolute atomic E-state index is 16.1. The fourth-order valence-electron chi connectivity index (χ4n) is 9.48. The summed E-state index contributed by atoms with van der Waals surface area (Å²) in [5.74, 6) is 3.33. The van der Waals surface area contributed by atoms with E-state index in [9.17, 15) is 0 Å². The second-order valence-corrected chi connectivity index (χ2v) is 13.4. The van der Waals surface area contributed by atoms with Crippen molar-refractivity contribution in [2.75, 3.05) is 13.2 Å². The molecule has 0 N–H and O–H groups in total. The Morgan fingerprint density at radius 3 is 2.41 bits per heavy atom. The average Bonchev–Trinajstić information content (AvgIpc) is 3.39. The van der Waals surface area contributed by atoms with Crippen molar-refractivity contribution >= 4 is 0 Å². The molecular weight excluding hydrogens is 423 g/mol. The van der Waals surface area contributed by atoms with Gasteiger partial charge in [0.25, 0.3) is 0 Å². The first-order chi connectivity index (χ1) is 16.1. The summed E-state index contributed by atoms with van der Waals surface area (Å²) in [6.07, 6.45) is 15.2. The zero-order valence-electron chi connectivity index (χ0n) is 22.6. The fourth-order valence-corrected chi connectivity index (χ4v) is 9.48. The van der Waals surface area contributed by atoms with E-state index in [1.165, 1.54) is 37.7 Å². The lowest BCUT2D eigenvalue weighted by Gasteiger charge is -2.59. The van der Waals surface area contributed by atoms with Crippen LogP contribution in [0.2, 0.25) is 0 Å². The van der Waals surface area contributed by atoms with Crippen LogP contribution >= 0.6 is 0 Å². The van der Waals surface area contributed by atoms with E-state index in [0.717, 1.165) is 19.3 Å². The summed E-state index contributed by atoms with van der Waals surface area (Å²) in [7, 11) is 0. The lowest BCUT2D eigenvalue weighted by atomic mass is 9.46. The van der Waals surface area contributed by atoms with Crippen LogP contribution in [0.5, 0.6) is 0 Å². The van der Waals surface area contributed by atoms with Gasteiger partial charge in [-0.15, -0.1) is 0 Å². The highest BCUT2D eigenvalue weighted by Gasteiger charge is 2.62. The Hall–Kier alpha value is -0.670. The zero-order chi connectivity index (χ0) is 24.3. The first kappa shape index (κ1) is 25.0. The molecule has 1 saturated heterocycles. The number of allylic oxidation sites excluding steroid dienone is 3. The minimum atomic E-state index is -0.815. The lowest BCUT2D eigenvalue weighted by molar-refractivity contribution is -0.187. The molecule has 5 aliphatic rings. The summed E-state index contributed by atoms with van der Waals surface area (Å²) in [6, 6.07) is 0. The van der Waals surface area contributed by atoms with E-state index >= 15 is 4.39 Å². The molecule has 192 valence electrons. The van der Waals surface area contributed by atoms with Gasteiger partial charge in [0.15, 0.2) is 5.79 Å². The summed E-state index contributed by atoms with van der Waals surface area (Å²) in [4.78, 5) is 0. The number of fused-ring (bicyclic) bond motifs is 5. The zero-order valence-corrected chi connectivity index (χ0v) is 22.6. The highest BCUT2D eigenvalue weighted by atomic mass is 19.1. The van der Waals surface area contributed by atoms with Crippen molar-refractivity contribution in [1.82, 2.24) is 0 Å². The summed E-state index contributed by atoms with van der Waals surface area (Å²) in [5, 5.41) is 0. The molecule has 0 radical (unpaired) electrons. The predicted molar refractivity (Wildman–Crippen MR) is 137 cm³/mol. The second kappa shape index (κ2) is 9.02. The molecule has 0 aromatic heterocycles. The van der Waals surface area contributed by atoms with Gasteiger partial charge < -0.3 is 9.47 Å². The van der Waals surface area contributed by atoms with Gasteiger partial charge in [-0.2, -0.15) is 0 Å². The molecule has 4 aliphatic carbocycles. The van der Waals surface area contributed by atoms with E-state index in [0.29, 0.717) is 48.7 Å². The molecule has 34 heavy (non-hydrogen) atoms. The van der Waals surface area contributed by atoms with Crippen LogP contribution in [0.1, 0.15) is 92.9 Å². The molecule has 1 spiro atoms. The molecule has 0 unspecified atom stereocenters. The van der Waals surface area contributed by atoms with Gasteiger partial charge in [-0.3, -0.25) is 0 Å². The molecule has 9 atom stereocenters. The van der Waals surface area contributed by atoms with E-state index in [1.807, 2.05) is 6.08 Å². The molecule has 2 nitrogen and oxygen atoms in total. The van der Waals surface area contributed by atoms with E-state index < -0.39 is 12.0 Å². The molecule has 4 fully saturated rings. The highest BCUT2D eigenvalue weighted by molar-refractivity contribution is 5.29. The van der Waals surface area contributed by atoms with E-state index in [1.54, 1.807) is 0 Å². The van der Waals surface area contributed by atoms with Crippen LogP contribution in [0.15, 0.2) is 23.8 Å². The lowest BCUT2D eigenvalue weighted by Crippen LogP contribution is -2.55. The summed E-state index contributed by atoms with van der Waals surface area (Å²) >= 11 is 0. The molecule has 3 saturated carbocycles. The van der Waals surface area contributed by atoms with Gasteiger partial charge in [-0.05, 0) is 84.9 Å². The van der Waals surface area contributed by atoms with Crippen molar-refractivity contribution in [1.29, 1.82) is 0 Å². The van der Waals surface area contributed by atoms with Crippen LogP contribution in [-0.2, 0) is 9.47 Å². The third kappa shape index (κ3) is 3.87. The van der Waals surface area contributed by atoms with Crippen molar-refractivity contribution < 1.29 is 13.9 Å². The van der Waals surface area contributed by atoms with Gasteiger partial charge >= 0.3 is 0 Å². The number of halogens is 1.